The first-order valence-corrected chi connectivity index (χ1v) is 4.00. The number of ether oxygens (including phenoxy) is 2. The molecule has 4 N–H and O–H groups in total. The van der Waals surface area contributed by atoms with Crippen LogP contribution in [-0.4, -0.2) is 32.0 Å². The molecule has 0 rings (SSSR count). The normalized spacial score (nSPS) is 11.5. The van der Waals surface area contributed by atoms with E-state index < -0.39 is 0 Å². The highest BCUT2D eigenvalue weighted by molar-refractivity contribution is 8.93. The molecule has 1 atom stereocenters. The van der Waals surface area contributed by atoms with Crippen LogP contribution in [0.25, 0.3) is 0 Å². The third kappa shape index (κ3) is 9.59. The summed E-state index contributed by atoms with van der Waals surface area (Å²) in [6.07, 6.45) is -0.313. The minimum absolute atomic E-state index is 0. The molecule has 13 heavy (non-hydrogen) atoms. The summed E-state index contributed by atoms with van der Waals surface area (Å²) in [4.78, 5) is 0. The van der Waals surface area contributed by atoms with Crippen LogP contribution >= 0.6 is 17.0 Å². The Morgan fingerprint density at radius 2 is 2.08 bits per heavy atom. The zero-order valence-electron chi connectivity index (χ0n) is 8.00. The summed E-state index contributed by atoms with van der Waals surface area (Å²) in [5, 5.41) is 9.60. The van der Waals surface area contributed by atoms with Gasteiger partial charge in [0, 0.05) is 13.2 Å². The highest BCUT2D eigenvalue weighted by atomic mass is 79.9. The summed E-state index contributed by atoms with van der Waals surface area (Å²) in [5.41, 5.74) is 5.13. The van der Waals surface area contributed by atoms with E-state index in [0.717, 1.165) is 0 Å². The maximum absolute atomic E-state index is 6.97. The third-order valence-electron chi connectivity index (χ3n) is 1.16. The summed E-state index contributed by atoms with van der Waals surface area (Å²) < 4.78 is 10.3. The Labute approximate surface area is 89.2 Å². The number of halogens is 1. The van der Waals surface area contributed by atoms with Crippen LogP contribution in [0.15, 0.2) is 0 Å². The number of nitrogens with two attached hydrogens (primary N) is 1. The van der Waals surface area contributed by atoms with E-state index in [1.807, 2.05) is 13.8 Å². The summed E-state index contributed by atoms with van der Waals surface area (Å²) in [5.74, 6) is -0.104. The van der Waals surface area contributed by atoms with Gasteiger partial charge in [0.2, 0.25) is 0 Å². The molecule has 0 radical (unpaired) electrons. The van der Waals surface area contributed by atoms with Crippen molar-refractivity contribution in [3.63, 3.8) is 0 Å². The van der Waals surface area contributed by atoms with Gasteiger partial charge in [0.15, 0.2) is 12.2 Å². The first-order valence-electron chi connectivity index (χ1n) is 4.00. The molecule has 0 aliphatic heterocycles. The average molecular weight is 256 g/mol. The van der Waals surface area contributed by atoms with Gasteiger partial charge in [-0.3, -0.25) is 5.41 Å². The molecule has 0 aliphatic carbocycles. The summed E-state index contributed by atoms with van der Waals surface area (Å²) in [6, 6.07) is 0. The van der Waals surface area contributed by atoms with Gasteiger partial charge in [-0.1, -0.05) is 0 Å². The van der Waals surface area contributed by atoms with Crippen molar-refractivity contribution in [1.29, 1.82) is 5.41 Å². The molecule has 0 saturated heterocycles. The largest absolute Gasteiger partial charge is 0.377 e. The Bertz CT molecular complexity index is 135. The van der Waals surface area contributed by atoms with E-state index >= 15 is 0 Å². The van der Waals surface area contributed by atoms with Crippen LogP contribution in [0.1, 0.15) is 13.8 Å². The topological polar surface area (TPSA) is 80.4 Å². The van der Waals surface area contributed by atoms with Gasteiger partial charge in [0.25, 0.3) is 0 Å². The maximum Gasteiger partial charge on any atom is 0.187 e. The van der Waals surface area contributed by atoms with E-state index in [0.29, 0.717) is 19.8 Å². The van der Waals surface area contributed by atoms with Crippen molar-refractivity contribution in [2.45, 2.75) is 20.1 Å². The lowest BCUT2D eigenvalue weighted by Crippen LogP contribution is -2.43. The van der Waals surface area contributed by atoms with E-state index in [1.165, 1.54) is 0 Å². The number of rotatable bonds is 6. The molecular weight excluding hydrogens is 238 g/mol. The number of guanidine groups is 1. The quantitative estimate of drug-likeness (QED) is 0.366. The lowest BCUT2D eigenvalue weighted by atomic mass is 10.6. The second kappa shape index (κ2) is 9.76. The van der Waals surface area contributed by atoms with Crippen molar-refractivity contribution < 1.29 is 9.47 Å². The van der Waals surface area contributed by atoms with Crippen molar-refractivity contribution in [3.05, 3.63) is 0 Å². The molecule has 80 valence electrons. The molecule has 0 aromatic rings. The molecule has 0 aromatic carbocycles. The van der Waals surface area contributed by atoms with Crippen molar-refractivity contribution in [3.8, 4) is 0 Å². The molecule has 5 nitrogen and oxygen atoms in total. The maximum atomic E-state index is 6.97. The minimum Gasteiger partial charge on any atom is -0.377 e. The van der Waals surface area contributed by atoms with E-state index in [1.54, 1.807) is 0 Å². The molecule has 0 saturated carbocycles. The lowest BCUT2D eigenvalue weighted by Gasteiger charge is -2.17. The monoisotopic (exact) mass is 255 g/mol. The van der Waals surface area contributed by atoms with Crippen molar-refractivity contribution >= 4 is 22.9 Å². The zero-order chi connectivity index (χ0) is 9.40. The van der Waals surface area contributed by atoms with Gasteiger partial charge in [-0.25, -0.2) is 0 Å². The second-order valence-electron chi connectivity index (χ2n) is 2.16. The predicted octanol–water partition coefficient (Wildman–Crippen LogP) is 0.446. The van der Waals surface area contributed by atoms with Gasteiger partial charge in [0.1, 0.15) is 0 Å². The van der Waals surface area contributed by atoms with Crippen LogP contribution in [0.5, 0.6) is 0 Å². The lowest BCUT2D eigenvalue weighted by molar-refractivity contribution is -0.0163. The predicted molar refractivity (Wildman–Crippen MR) is 57.3 cm³/mol. The zero-order valence-corrected chi connectivity index (χ0v) is 9.71. The van der Waals surface area contributed by atoms with Gasteiger partial charge < -0.3 is 20.5 Å². The van der Waals surface area contributed by atoms with Crippen LogP contribution in [0, 0.1) is 5.41 Å². The Morgan fingerprint density at radius 1 is 1.46 bits per heavy atom. The summed E-state index contributed by atoms with van der Waals surface area (Å²) in [6.45, 7) is 5.38. The molecular formula is C7H18BrN3O2. The molecule has 0 amide bonds. The van der Waals surface area contributed by atoms with Gasteiger partial charge in [0.05, 0.1) is 6.61 Å². The Hall–Kier alpha value is -0.330. The molecule has 0 aromatic heterocycles. The molecule has 0 bridgehead atoms. The van der Waals surface area contributed by atoms with Crippen LogP contribution in [0.3, 0.4) is 0 Å². The molecule has 6 heteroatoms. The third-order valence-corrected chi connectivity index (χ3v) is 1.16. The van der Waals surface area contributed by atoms with Crippen LogP contribution < -0.4 is 11.1 Å². The molecule has 0 heterocycles. The molecule has 0 spiro atoms. The fourth-order valence-corrected chi connectivity index (χ4v) is 0.731. The summed E-state index contributed by atoms with van der Waals surface area (Å²) in [7, 11) is 0. The average Bonchev–Trinajstić information content (AvgIpc) is 2.00. The highest BCUT2D eigenvalue weighted by Gasteiger charge is 2.07. The first-order chi connectivity index (χ1) is 5.70. The smallest absolute Gasteiger partial charge is 0.187 e. The van der Waals surface area contributed by atoms with Gasteiger partial charge in [-0.2, -0.15) is 0 Å². The highest BCUT2D eigenvalue weighted by Crippen LogP contribution is 1.88. The standard InChI is InChI=1S/C7H17N3O2.BrH/c1-3-11-5-6(12-4-2)10-7(8)9;/h6H,3-5H2,1-2H3,(H4,8,9,10);1H. The van der Waals surface area contributed by atoms with Gasteiger partial charge >= 0.3 is 0 Å². The Kier molecular flexibility index (Phi) is 11.4. The van der Waals surface area contributed by atoms with E-state index in [-0.39, 0.29) is 29.2 Å². The van der Waals surface area contributed by atoms with Crippen molar-refractivity contribution in [1.82, 2.24) is 5.32 Å². The van der Waals surface area contributed by atoms with E-state index in [9.17, 15) is 0 Å². The molecule has 0 fully saturated rings. The first kappa shape index (κ1) is 15.2. The Morgan fingerprint density at radius 3 is 2.46 bits per heavy atom. The fourth-order valence-electron chi connectivity index (χ4n) is 0.731. The van der Waals surface area contributed by atoms with Gasteiger partial charge in [-0.05, 0) is 13.8 Å². The van der Waals surface area contributed by atoms with E-state index in [4.69, 9.17) is 20.6 Å². The minimum atomic E-state index is -0.313. The summed E-state index contributed by atoms with van der Waals surface area (Å²) >= 11 is 0. The SMILES string of the molecule is Br.CCOCC(NC(=N)N)OCC. The van der Waals surface area contributed by atoms with Crippen LogP contribution in [-0.2, 0) is 9.47 Å². The Balaban J connectivity index is 0. The number of nitrogens with one attached hydrogen (secondary N) is 2. The number of hydrogen-bond acceptors (Lipinski definition) is 3. The van der Waals surface area contributed by atoms with E-state index in [2.05, 4.69) is 5.32 Å². The fraction of sp³-hybridized carbons (Fsp3) is 0.857. The van der Waals surface area contributed by atoms with Gasteiger partial charge in [-0.15, -0.1) is 17.0 Å². The molecule has 1 unspecified atom stereocenters. The number of hydrogen-bond donors (Lipinski definition) is 3. The second-order valence-corrected chi connectivity index (χ2v) is 2.16. The molecule has 0 aliphatic rings. The van der Waals surface area contributed by atoms with Crippen molar-refractivity contribution in [2.24, 2.45) is 5.73 Å². The van der Waals surface area contributed by atoms with Crippen LogP contribution in [0.2, 0.25) is 0 Å². The van der Waals surface area contributed by atoms with Crippen molar-refractivity contribution in [2.75, 3.05) is 19.8 Å². The van der Waals surface area contributed by atoms with Crippen LogP contribution in [0.4, 0.5) is 0 Å².